The molecule has 0 radical (unpaired) electrons. The number of benzene rings is 2. The number of piperidine rings is 1. The van der Waals surface area contributed by atoms with Gasteiger partial charge < -0.3 is 14.4 Å². The van der Waals surface area contributed by atoms with Gasteiger partial charge in [0.1, 0.15) is 11.8 Å². The summed E-state index contributed by atoms with van der Waals surface area (Å²) < 4.78 is 54.2. The van der Waals surface area contributed by atoms with Gasteiger partial charge in [0.05, 0.1) is 36.4 Å². The van der Waals surface area contributed by atoms with Crippen LogP contribution in [0.1, 0.15) is 41.2 Å². The van der Waals surface area contributed by atoms with Gasteiger partial charge in [0.15, 0.2) is 11.5 Å². The number of hydrogen-bond donors (Lipinski definition) is 0. The predicted octanol–water partition coefficient (Wildman–Crippen LogP) is 4.75. The number of alkyl halides is 3. The molecule has 9 nitrogen and oxygen atoms in total. The minimum absolute atomic E-state index is 0.229. The average Bonchev–Trinajstić information content (AvgIpc) is 3.46. The Balaban J connectivity index is 1.48. The predicted molar refractivity (Wildman–Crippen MR) is 157 cm³/mol. The Morgan fingerprint density at radius 2 is 1.66 bits per heavy atom. The van der Waals surface area contributed by atoms with Crippen molar-refractivity contribution in [3.8, 4) is 11.5 Å². The maximum Gasteiger partial charge on any atom is 0.418 e. The van der Waals surface area contributed by atoms with Crippen LogP contribution in [0.15, 0.2) is 52.3 Å². The zero-order valence-electron chi connectivity index (χ0n) is 23.8. The molecule has 1 aromatic heterocycles. The first-order chi connectivity index (χ1) is 21.0. The van der Waals surface area contributed by atoms with Crippen molar-refractivity contribution in [2.45, 2.75) is 48.2 Å². The highest BCUT2D eigenvalue weighted by molar-refractivity contribution is 8.00. The quantitative estimate of drug-likeness (QED) is 0.356. The molecule has 3 amide bonds. The number of halogens is 3. The number of carbonyl (C=O) groups excluding carboxylic acids is 3. The average molecular weight is 648 g/mol. The van der Waals surface area contributed by atoms with E-state index in [4.69, 9.17) is 9.47 Å². The van der Waals surface area contributed by atoms with Crippen molar-refractivity contribution in [2.24, 2.45) is 5.92 Å². The second-order valence-corrected chi connectivity index (χ2v) is 12.9. The molecule has 232 valence electrons. The van der Waals surface area contributed by atoms with Crippen molar-refractivity contribution in [3.63, 3.8) is 0 Å². The molecule has 2 saturated heterocycles. The summed E-state index contributed by atoms with van der Waals surface area (Å²) in [6, 6.07) is 9.42. The maximum atomic E-state index is 14.1. The topological polar surface area (TPSA) is 98.1 Å². The number of thiazole rings is 1. The summed E-state index contributed by atoms with van der Waals surface area (Å²) in [5.74, 6) is -3.09. The van der Waals surface area contributed by atoms with Crippen LogP contribution in [0.25, 0.3) is 0 Å². The molecule has 0 saturated carbocycles. The monoisotopic (exact) mass is 647 g/mol. The fourth-order valence-electron chi connectivity index (χ4n) is 6.19. The number of para-hydroxylation sites is 1. The van der Waals surface area contributed by atoms with Crippen molar-refractivity contribution >= 4 is 46.5 Å². The Kier molecular flexibility index (Phi) is 7.99. The van der Waals surface area contributed by atoms with Gasteiger partial charge in [0.2, 0.25) is 17.7 Å². The molecular formula is C30H28F3N3O6S2. The third kappa shape index (κ3) is 5.07. The Morgan fingerprint density at radius 3 is 2.34 bits per heavy atom. The first-order valence-corrected chi connectivity index (χ1v) is 15.7. The Morgan fingerprint density at radius 1 is 0.955 bits per heavy atom. The Bertz CT molecular complexity index is 1700. The molecule has 4 heterocycles. The lowest BCUT2D eigenvalue weighted by Crippen LogP contribution is -2.39. The van der Waals surface area contributed by atoms with Crippen molar-refractivity contribution < 1.29 is 37.0 Å². The number of amides is 3. The number of rotatable bonds is 6. The molecule has 3 aliphatic heterocycles. The highest BCUT2D eigenvalue weighted by Crippen LogP contribution is 2.55. The molecule has 3 unspecified atom stereocenters. The van der Waals surface area contributed by atoms with E-state index in [9.17, 15) is 32.3 Å². The number of methoxy groups -OCH3 is 2. The molecule has 3 atom stereocenters. The van der Waals surface area contributed by atoms with Gasteiger partial charge in [-0.1, -0.05) is 41.3 Å². The third-order valence-electron chi connectivity index (χ3n) is 8.27. The van der Waals surface area contributed by atoms with E-state index in [1.807, 2.05) is 0 Å². The highest BCUT2D eigenvalue weighted by Gasteiger charge is 2.58. The first-order valence-electron chi connectivity index (χ1n) is 14.0. The molecule has 0 spiro atoms. The second kappa shape index (κ2) is 11.6. The van der Waals surface area contributed by atoms with E-state index in [0.29, 0.717) is 45.0 Å². The van der Waals surface area contributed by atoms with Crippen molar-refractivity contribution in [1.82, 2.24) is 9.47 Å². The normalized spacial score (nSPS) is 21.7. The Hall–Kier alpha value is -3.78. The van der Waals surface area contributed by atoms with E-state index in [2.05, 4.69) is 0 Å². The van der Waals surface area contributed by atoms with Gasteiger partial charge in [0.25, 0.3) is 0 Å². The molecule has 6 rings (SSSR count). The van der Waals surface area contributed by atoms with Gasteiger partial charge in [-0.3, -0.25) is 23.7 Å². The summed E-state index contributed by atoms with van der Waals surface area (Å²) in [6.45, 7) is 0.940. The van der Waals surface area contributed by atoms with Gasteiger partial charge >= 0.3 is 11.0 Å². The number of carbonyl (C=O) groups is 3. The summed E-state index contributed by atoms with van der Waals surface area (Å²) in [7, 11) is 2.90. The smallest absolute Gasteiger partial charge is 0.418 e. The lowest BCUT2D eigenvalue weighted by molar-refractivity contribution is -0.137. The van der Waals surface area contributed by atoms with E-state index in [-0.39, 0.29) is 12.5 Å². The van der Waals surface area contributed by atoms with E-state index in [0.717, 1.165) is 54.5 Å². The summed E-state index contributed by atoms with van der Waals surface area (Å²) in [4.78, 5) is 57.0. The van der Waals surface area contributed by atoms with Crippen molar-refractivity contribution in [3.05, 3.63) is 68.1 Å². The van der Waals surface area contributed by atoms with Crippen LogP contribution in [0.5, 0.6) is 11.5 Å². The minimum Gasteiger partial charge on any atom is -0.493 e. The van der Waals surface area contributed by atoms with Gasteiger partial charge in [0, 0.05) is 23.9 Å². The summed E-state index contributed by atoms with van der Waals surface area (Å²) in [5.41, 5.74) is -1.13. The fraction of sp³-hybridized carbons (Fsp3) is 0.400. The molecule has 0 bridgehead atoms. The number of imide groups is 1. The van der Waals surface area contributed by atoms with Crippen LogP contribution < -0.4 is 19.2 Å². The maximum absolute atomic E-state index is 14.1. The number of hydrogen-bond acceptors (Lipinski definition) is 8. The second-order valence-electron chi connectivity index (χ2n) is 10.7. The van der Waals surface area contributed by atoms with Crippen molar-refractivity contribution in [1.29, 1.82) is 0 Å². The van der Waals surface area contributed by atoms with Gasteiger partial charge in [-0.25, -0.2) is 4.90 Å². The van der Waals surface area contributed by atoms with E-state index in [1.165, 1.54) is 30.9 Å². The number of ether oxygens (including phenoxy) is 2. The molecule has 44 heavy (non-hydrogen) atoms. The number of aromatic nitrogens is 1. The van der Waals surface area contributed by atoms with Crippen LogP contribution in [-0.2, 0) is 27.1 Å². The number of anilines is 1. The molecule has 0 N–H and O–H groups in total. The summed E-state index contributed by atoms with van der Waals surface area (Å²) in [6.07, 6.45) is -2.05. The molecule has 2 aromatic carbocycles. The van der Waals surface area contributed by atoms with Gasteiger partial charge in [-0.05, 0) is 49.1 Å². The lowest BCUT2D eigenvalue weighted by Gasteiger charge is -2.31. The summed E-state index contributed by atoms with van der Waals surface area (Å²) in [5, 5.41) is -0.779. The summed E-state index contributed by atoms with van der Waals surface area (Å²) >= 11 is 1.83. The number of likely N-dealkylation sites (tertiary alicyclic amines) is 1. The standard InChI is InChI=1S/C30H28F3N3O6S2/c1-41-19-11-10-16(14-20(19)42-2)22-23-24(27(39)36(26(23)38)18-9-5-4-8-17(18)30(31,32)33)43-28-25(22)44-29(40)35(28)15-21(37)34-12-6-3-7-13-34/h4-5,8-11,14,22-24H,3,6-7,12-13,15H2,1-2H3. The lowest BCUT2D eigenvalue weighted by atomic mass is 9.83. The highest BCUT2D eigenvalue weighted by atomic mass is 32.2. The molecule has 3 aliphatic rings. The SMILES string of the molecule is COc1ccc(C2c3sc(=O)n(CC(=O)N4CCCCC4)c3SC3C(=O)N(c4ccccc4C(F)(F)F)C(=O)C32)cc1OC. The molecule has 14 heteroatoms. The van der Waals surface area contributed by atoms with Gasteiger partial charge in [-0.15, -0.1) is 0 Å². The van der Waals surface area contributed by atoms with Crippen LogP contribution in [-0.4, -0.2) is 59.7 Å². The number of nitrogens with zero attached hydrogens (tertiary/aromatic N) is 3. The molecular weight excluding hydrogens is 619 g/mol. The third-order valence-corrected chi connectivity index (χ3v) is 10.9. The first kappa shape index (κ1) is 30.3. The molecule has 2 fully saturated rings. The van der Waals surface area contributed by atoms with Crippen LogP contribution >= 0.6 is 23.1 Å². The minimum atomic E-state index is -4.81. The van der Waals surface area contributed by atoms with E-state index >= 15 is 0 Å². The molecule has 0 aliphatic carbocycles. The Labute approximate surface area is 258 Å². The number of fused-ring (bicyclic) bond motifs is 2. The van der Waals surface area contributed by atoms with E-state index < -0.39 is 51.2 Å². The molecule has 3 aromatic rings. The zero-order valence-corrected chi connectivity index (χ0v) is 25.4. The largest absolute Gasteiger partial charge is 0.493 e. The van der Waals surface area contributed by atoms with Crippen LogP contribution in [0.3, 0.4) is 0 Å². The van der Waals surface area contributed by atoms with Crippen LogP contribution in [0, 0.1) is 5.92 Å². The van der Waals surface area contributed by atoms with E-state index in [1.54, 1.807) is 23.1 Å². The fourth-order valence-corrected chi connectivity index (χ4v) is 8.96. The zero-order chi connectivity index (χ0) is 31.3. The van der Waals surface area contributed by atoms with Crippen molar-refractivity contribution in [2.75, 3.05) is 32.2 Å². The van der Waals surface area contributed by atoms with Gasteiger partial charge in [-0.2, -0.15) is 13.2 Å². The van der Waals surface area contributed by atoms with Crippen LogP contribution in [0.2, 0.25) is 0 Å². The van der Waals surface area contributed by atoms with Crippen LogP contribution in [0.4, 0.5) is 18.9 Å². The number of thioether (sulfide) groups is 1.